The van der Waals surface area contributed by atoms with Crippen LogP contribution in [0.1, 0.15) is 59.3 Å². The van der Waals surface area contributed by atoms with Gasteiger partial charge < -0.3 is 4.74 Å². The maximum atomic E-state index is 12.4. The second-order valence-corrected chi connectivity index (χ2v) is 5.46. The summed E-state index contributed by atoms with van der Waals surface area (Å²) < 4.78 is 5.04. The van der Waals surface area contributed by atoms with E-state index in [1.54, 1.807) is 6.92 Å². The molecule has 3 atom stereocenters. The third-order valence-corrected chi connectivity index (χ3v) is 3.83. The summed E-state index contributed by atoms with van der Waals surface area (Å²) in [5, 5.41) is 0. The molecule has 104 valence electrons. The average Bonchev–Trinajstić information content (AvgIpc) is 2.35. The van der Waals surface area contributed by atoms with E-state index in [1.807, 2.05) is 6.92 Å². The maximum absolute atomic E-state index is 12.4. The molecule has 3 nitrogen and oxygen atoms in total. The van der Waals surface area contributed by atoms with Gasteiger partial charge in [-0.1, -0.05) is 33.1 Å². The predicted octanol–water partition coefficient (Wildman–Crippen LogP) is 3.36. The molecule has 1 fully saturated rings. The van der Waals surface area contributed by atoms with Gasteiger partial charge in [-0.15, -0.1) is 0 Å². The topological polar surface area (TPSA) is 43.4 Å². The highest BCUT2D eigenvalue weighted by Crippen LogP contribution is 2.32. The molecule has 0 aromatic heterocycles. The molecule has 0 aromatic rings. The summed E-state index contributed by atoms with van der Waals surface area (Å²) in [5.74, 6) is -0.0263. The fourth-order valence-corrected chi connectivity index (χ4v) is 2.88. The molecule has 3 unspecified atom stereocenters. The van der Waals surface area contributed by atoms with Crippen LogP contribution in [-0.2, 0) is 14.3 Å². The lowest BCUT2D eigenvalue weighted by molar-refractivity contribution is -0.153. The van der Waals surface area contributed by atoms with Crippen molar-refractivity contribution in [2.24, 2.45) is 17.8 Å². The number of Topliss-reactive ketones (excluding diaryl/α,β-unsaturated/α-hetero) is 1. The van der Waals surface area contributed by atoms with Crippen LogP contribution in [0.4, 0.5) is 0 Å². The highest BCUT2D eigenvalue weighted by Gasteiger charge is 2.34. The van der Waals surface area contributed by atoms with E-state index in [0.29, 0.717) is 18.9 Å². The first-order valence-electron chi connectivity index (χ1n) is 7.30. The van der Waals surface area contributed by atoms with Gasteiger partial charge in [-0.2, -0.15) is 0 Å². The SMILES string of the molecule is CCCC(C(=O)OCC)C(=O)C1CCCC(C)C1. The summed E-state index contributed by atoms with van der Waals surface area (Å²) in [6, 6.07) is 0. The van der Waals surface area contributed by atoms with Crippen LogP contribution < -0.4 is 0 Å². The molecule has 0 N–H and O–H groups in total. The first-order chi connectivity index (χ1) is 8.60. The van der Waals surface area contributed by atoms with Gasteiger partial charge >= 0.3 is 5.97 Å². The molecule has 0 spiro atoms. The molecule has 1 aliphatic carbocycles. The van der Waals surface area contributed by atoms with Gasteiger partial charge in [-0.05, 0) is 32.1 Å². The van der Waals surface area contributed by atoms with Gasteiger partial charge in [-0.3, -0.25) is 9.59 Å². The second kappa shape index (κ2) is 7.55. The molecule has 1 rings (SSSR count). The van der Waals surface area contributed by atoms with Gasteiger partial charge in [0.15, 0.2) is 0 Å². The van der Waals surface area contributed by atoms with E-state index in [2.05, 4.69) is 6.92 Å². The molecule has 1 aliphatic rings. The van der Waals surface area contributed by atoms with Crippen molar-refractivity contribution in [1.82, 2.24) is 0 Å². The smallest absolute Gasteiger partial charge is 0.316 e. The molecule has 3 heteroatoms. The maximum Gasteiger partial charge on any atom is 0.316 e. The largest absolute Gasteiger partial charge is 0.465 e. The van der Waals surface area contributed by atoms with Crippen LogP contribution >= 0.6 is 0 Å². The van der Waals surface area contributed by atoms with Crippen LogP contribution in [0.2, 0.25) is 0 Å². The molecule has 18 heavy (non-hydrogen) atoms. The lowest BCUT2D eigenvalue weighted by Crippen LogP contribution is -2.33. The third kappa shape index (κ3) is 4.11. The standard InChI is InChI=1S/C15H26O3/c1-4-7-13(15(17)18-5-2)14(16)12-9-6-8-11(3)10-12/h11-13H,4-10H2,1-3H3. The van der Waals surface area contributed by atoms with Crippen molar-refractivity contribution >= 4 is 11.8 Å². The Kier molecular flexibility index (Phi) is 6.37. The van der Waals surface area contributed by atoms with Crippen molar-refractivity contribution in [2.75, 3.05) is 6.61 Å². The molecule has 0 heterocycles. The van der Waals surface area contributed by atoms with Crippen LogP contribution in [0, 0.1) is 17.8 Å². The van der Waals surface area contributed by atoms with Gasteiger partial charge in [0.1, 0.15) is 11.7 Å². The average molecular weight is 254 g/mol. The lowest BCUT2D eigenvalue weighted by Gasteiger charge is -2.28. The summed E-state index contributed by atoms with van der Waals surface area (Å²) in [6.45, 7) is 6.34. The Morgan fingerprint density at radius 3 is 2.56 bits per heavy atom. The number of esters is 1. The Morgan fingerprint density at radius 1 is 1.28 bits per heavy atom. The molecule has 0 radical (unpaired) electrons. The van der Waals surface area contributed by atoms with Gasteiger partial charge in [0.25, 0.3) is 0 Å². The molecule has 0 amide bonds. The van der Waals surface area contributed by atoms with Crippen LogP contribution in [0.25, 0.3) is 0 Å². The van der Waals surface area contributed by atoms with Crippen LogP contribution in [0.15, 0.2) is 0 Å². The van der Waals surface area contributed by atoms with E-state index in [0.717, 1.165) is 25.7 Å². The van der Waals surface area contributed by atoms with E-state index in [9.17, 15) is 9.59 Å². The van der Waals surface area contributed by atoms with E-state index in [-0.39, 0.29) is 17.7 Å². The zero-order valence-corrected chi connectivity index (χ0v) is 11.9. The van der Waals surface area contributed by atoms with E-state index in [1.165, 1.54) is 6.42 Å². The minimum atomic E-state index is -0.523. The number of hydrogen-bond acceptors (Lipinski definition) is 3. The van der Waals surface area contributed by atoms with E-state index in [4.69, 9.17) is 4.74 Å². The summed E-state index contributed by atoms with van der Waals surface area (Å²) in [6.07, 6.45) is 5.68. The minimum Gasteiger partial charge on any atom is -0.465 e. The van der Waals surface area contributed by atoms with Crippen molar-refractivity contribution in [3.63, 3.8) is 0 Å². The zero-order chi connectivity index (χ0) is 13.5. The summed E-state index contributed by atoms with van der Waals surface area (Å²) in [5.41, 5.74) is 0. The molecular weight excluding hydrogens is 228 g/mol. The molecule has 0 bridgehead atoms. The normalized spacial score (nSPS) is 25.5. The number of hydrogen-bond donors (Lipinski definition) is 0. The van der Waals surface area contributed by atoms with Gasteiger partial charge in [-0.25, -0.2) is 0 Å². The van der Waals surface area contributed by atoms with E-state index < -0.39 is 5.92 Å². The van der Waals surface area contributed by atoms with Crippen molar-refractivity contribution in [2.45, 2.75) is 59.3 Å². The minimum absolute atomic E-state index is 0.0784. The number of rotatable bonds is 6. The number of ether oxygens (including phenoxy) is 1. The van der Waals surface area contributed by atoms with Crippen molar-refractivity contribution in [1.29, 1.82) is 0 Å². The number of carbonyl (C=O) groups is 2. The number of ketones is 1. The molecule has 0 aliphatic heterocycles. The van der Waals surface area contributed by atoms with Gasteiger partial charge in [0, 0.05) is 5.92 Å². The van der Waals surface area contributed by atoms with Crippen LogP contribution in [0.5, 0.6) is 0 Å². The lowest BCUT2D eigenvalue weighted by atomic mass is 9.76. The fourth-order valence-electron chi connectivity index (χ4n) is 2.88. The van der Waals surface area contributed by atoms with Crippen LogP contribution in [-0.4, -0.2) is 18.4 Å². The highest BCUT2D eigenvalue weighted by atomic mass is 16.5. The zero-order valence-electron chi connectivity index (χ0n) is 11.9. The molecule has 0 aromatic carbocycles. The Labute approximate surface area is 110 Å². The van der Waals surface area contributed by atoms with Crippen molar-refractivity contribution in [3.8, 4) is 0 Å². The summed E-state index contributed by atoms with van der Waals surface area (Å²) in [7, 11) is 0. The summed E-state index contributed by atoms with van der Waals surface area (Å²) >= 11 is 0. The fraction of sp³-hybridized carbons (Fsp3) is 0.867. The predicted molar refractivity (Wildman–Crippen MR) is 71.2 cm³/mol. The number of carbonyl (C=O) groups excluding carboxylic acids is 2. The monoisotopic (exact) mass is 254 g/mol. The van der Waals surface area contributed by atoms with E-state index >= 15 is 0 Å². The van der Waals surface area contributed by atoms with Gasteiger partial charge in [0.2, 0.25) is 0 Å². The Morgan fingerprint density at radius 2 is 2.00 bits per heavy atom. The Hall–Kier alpha value is -0.860. The molecule has 1 saturated carbocycles. The summed E-state index contributed by atoms with van der Waals surface area (Å²) in [4.78, 5) is 24.3. The quantitative estimate of drug-likeness (QED) is 0.539. The third-order valence-electron chi connectivity index (χ3n) is 3.83. The second-order valence-electron chi connectivity index (χ2n) is 5.46. The van der Waals surface area contributed by atoms with Crippen molar-refractivity contribution < 1.29 is 14.3 Å². The molecule has 0 saturated heterocycles. The first kappa shape index (κ1) is 15.2. The Balaban J connectivity index is 2.66. The first-order valence-corrected chi connectivity index (χ1v) is 7.30. The van der Waals surface area contributed by atoms with Crippen molar-refractivity contribution in [3.05, 3.63) is 0 Å². The Bertz CT molecular complexity index is 285. The molecular formula is C15H26O3. The van der Waals surface area contributed by atoms with Gasteiger partial charge in [0.05, 0.1) is 6.61 Å². The highest BCUT2D eigenvalue weighted by molar-refractivity contribution is 6.00. The van der Waals surface area contributed by atoms with Crippen LogP contribution in [0.3, 0.4) is 0 Å².